The fraction of sp³-hybridized carbons (Fsp3) is 0.227. The Labute approximate surface area is 196 Å². The van der Waals surface area contributed by atoms with Crippen molar-refractivity contribution >= 4 is 31.6 Å². The second-order valence-corrected chi connectivity index (χ2v) is 10.1. The number of aliphatic hydroxyl groups excluding tert-OH is 1. The smallest absolute Gasteiger partial charge is 0.265 e. The first-order valence-electron chi connectivity index (χ1n) is 10.2. The molecule has 11 heteroatoms. The quantitative estimate of drug-likeness (QED) is 0.192. The van der Waals surface area contributed by atoms with Gasteiger partial charge in [0.15, 0.2) is 0 Å². The Morgan fingerprint density at radius 1 is 1.27 bits per heavy atom. The SMILES string of the molecule is CC/C=C(\O)C(Cc1ccccc1)N(N)/C=C(\N)COc1ccc2nc(S(N)(=O)=O)sc2c1. The van der Waals surface area contributed by atoms with E-state index >= 15 is 0 Å². The summed E-state index contributed by atoms with van der Waals surface area (Å²) in [4.78, 5) is 4.01. The van der Waals surface area contributed by atoms with Crippen molar-refractivity contribution in [1.29, 1.82) is 0 Å². The third-order valence-corrected chi connectivity index (χ3v) is 7.03. The van der Waals surface area contributed by atoms with Crippen LogP contribution in [0.15, 0.2) is 76.6 Å². The highest BCUT2D eigenvalue weighted by molar-refractivity contribution is 7.91. The summed E-state index contributed by atoms with van der Waals surface area (Å²) >= 11 is 0.964. The van der Waals surface area contributed by atoms with Crippen LogP contribution in [0.1, 0.15) is 18.9 Å². The van der Waals surface area contributed by atoms with E-state index in [9.17, 15) is 13.5 Å². The Kier molecular flexibility index (Phi) is 7.92. The van der Waals surface area contributed by atoms with Gasteiger partial charge >= 0.3 is 0 Å². The monoisotopic (exact) mass is 489 g/mol. The Morgan fingerprint density at radius 3 is 2.67 bits per heavy atom. The van der Waals surface area contributed by atoms with Gasteiger partial charge in [-0.15, -0.1) is 11.3 Å². The van der Waals surface area contributed by atoms with Crippen molar-refractivity contribution in [3.05, 3.63) is 77.8 Å². The molecule has 0 saturated carbocycles. The summed E-state index contributed by atoms with van der Waals surface area (Å²) < 4.78 is 29.2. The van der Waals surface area contributed by atoms with E-state index in [-0.39, 0.29) is 16.7 Å². The van der Waals surface area contributed by atoms with Crippen LogP contribution < -0.4 is 21.5 Å². The highest BCUT2D eigenvalue weighted by Gasteiger charge is 2.19. The van der Waals surface area contributed by atoms with Crippen molar-refractivity contribution in [3.63, 3.8) is 0 Å². The van der Waals surface area contributed by atoms with Gasteiger partial charge < -0.3 is 20.6 Å². The number of primary sulfonamides is 1. The molecule has 0 bridgehead atoms. The third kappa shape index (κ3) is 6.68. The standard InChI is InChI=1S/C22H27N5O4S2/c1-2-6-20(28)19(11-15-7-4-3-5-8-15)27(24)13-16(23)14-31-17-9-10-18-21(12-17)32-22(26-18)33(25,29)30/h3-10,12-13,19,28H,2,11,14,23-24H2,1H3,(H2,25,29,30)/b16-13-,20-6-. The van der Waals surface area contributed by atoms with Crippen LogP contribution in [0.4, 0.5) is 0 Å². The topological polar surface area (TPSA) is 158 Å². The number of sulfonamides is 1. The molecule has 0 fully saturated rings. The normalized spacial score (nSPS) is 13.8. The predicted octanol–water partition coefficient (Wildman–Crippen LogP) is 2.76. The zero-order chi connectivity index (χ0) is 24.0. The van der Waals surface area contributed by atoms with E-state index in [0.29, 0.717) is 34.5 Å². The van der Waals surface area contributed by atoms with Crippen LogP contribution in [-0.4, -0.2) is 36.2 Å². The van der Waals surface area contributed by atoms with Crippen LogP contribution in [0.25, 0.3) is 10.2 Å². The number of benzene rings is 2. The molecule has 33 heavy (non-hydrogen) atoms. The van der Waals surface area contributed by atoms with Crippen LogP contribution >= 0.6 is 11.3 Å². The molecule has 1 unspecified atom stereocenters. The first kappa shape index (κ1) is 24.5. The third-order valence-electron chi connectivity index (χ3n) is 4.69. The Morgan fingerprint density at radius 2 is 2.00 bits per heavy atom. The molecule has 3 rings (SSSR count). The number of rotatable bonds is 10. The molecule has 0 aliphatic rings. The van der Waals surface area contributed by atoms with Crippen molar-refractivity contribution < 1.29 is 18.3 Å². The second-order valence-electron chi connectivity index (χ2n) is 7.34. The van der Waals surface area contributed by atoms with Crippen molar-refractivity contribution in [2.24, 2.45) is 16.7 Å². The summed E-state index contributed by atoms with van der Waals surface area (Å²) in [7, 11) is -3.87. The molecule has 1 aromatic heterocycles. The number of aromatic nitrogens is 1. The molecule has 0 radical (unpaired) electrons. The van der Waals surface area contributed by atoms with E-state index in [1.165, 1.54) is 11.2 Å². The van der Waals surface area contributed by atoms with Gasteiger partial charge in [0.05, 0.1) is 15.9 Å². The average molecular weight is 490 g/mol. The molecular weight excluding hydrogens is 462 g/mol. The summed E-state index contributed by atoms with van der Waals surface area (Å²) in [6, 6.07) is 14.2. The molecule has 0 saturated heterocycles. The van der Waals surface area contributed by atoms with E-state index in [0.717, 1.165) is 16.9 Å². The maximum atomic E-state index is 11.5. The number of hydrogen-bond acceptors (Lipinski definition) is 9. The fourth-order valence-corrected chi connectivity index (χ4v) is 4.81. The molecule has 7 N–H and O–H groups in total. The highest BCUT2D eigenvalue weighted by atomic mass is 32.2. The second kappa shape index (κ2) is 10.7. The first-order chi connectivity index (χ1) is 15.7. The van der Waals surface area contributed by atoms with Crippen LogP contribution in [0.2, 0.25) is 0 Å². The zero-order valence-corrected chi connectivity index (χ0v) is 19.7. The summed E-state index contributed by atoms with van der Waals surface area (Å²) in [5.41, 5.74) is 7.98. The molecule has 176 valence electrons. The Balaban J connectivity index is 1.70. The summed E-state index contributed by atoms with van der Waals surface area (Å²) in [6.45, 7) is 1.97. The molecule has 2 aromatic carbocycles. The number of ether oxygens (including phenoxy) is 1. The molecule has 0 spiro atoms. The Hall–Kier alpha value is -3.12. The van der Waals surface area contributed by atoms with E-state index < -0.39 is 16.1 Å². The first-order valence-corrected chi connectivity index (χ1v) is 12.5. The Bertz CT molecular complexity index is 1260. The number of nitrogens with two attached hydrogens (primary N) is 3. The van der Waals surface area contributed by atoms with Crippen molar-refractivity contribution in [2.75, 3.05) is 6.61 Å². The van der Waals surface area contributed by atoms with Crippen molar-refractivity contribution in [3.8, 4) is 5.75 Å². The van der Waals surface area contributed by atoms with Gasteiger partial charge in [-0.1, -0.05) is 37.3 Å². The number of allylic oxidation sites excluding steroid dienone is 1. The number of hydrazine groups is 1. The summed E-state index contributed by atoms with van der Waals surface area (Å²) in [6.07, 6.45) is 4.41. The summed E-state index contributed by atoms with van der Waals surface area (Å²) in [5, 5.41) is 17.0. The lowest BCUT2D eigenvalue weighted by atomic mass is 10.0. The van der Waals surface area contributed by atoms with Crippen LogP contribution in [0, 0.1) is 0 Å². The van der Waals surface area contributed by atoms with Gasteiger partial charge in [0.1, 0.15) is 24.2 Å². The maximum absolute atomic E-state index is 11.5. The average Bonchev–Trinajstić information content (AvgIpc) is 3.21. The van der Waals surface area contributed by atoms with E-state index in [1.807, 2.05) is 37.3 Å². The lowest BCUT2D eigenvalue weighted by Gasteiger charge is -2.26. The minimum atomic E-state index is -3.87. The van der Waals surface area contributed by atoms with Gasteiger partial charge in [-0.2, -0.15) is 0 Å². The van der Waals surface area contributed by atoms with Crippen LogP contribution in [-0.2, 0) is 16.4 Å². The number of nitrogens with zero attached hydrogens (tertiary/aromatic N) is 2. The van der Waals surface area contributed by atoms with Crippen molar-refractivity contribution in [1.82, 2.24) is 9.99 Å². The number of thiazole rings is 1. The van der Waals surface area contributed by atoms with Gasteiger partial charge in [-0.25, -0.2) is 24.4 Å². The van der Waals surface area contributed by atoms with E-state index in [2.05, 4.69) is 4.98 Å². The lowest BCUT2D eigenvalue weighted by molar-refractivity contribution is 0.230. The highest BCUT2D eigenvalue weighted by Crippen LogP contribution is 2.28. The largest absolute Gasteiger partial charge is 0.510 e. The molecule has 3 aromatic rings. The van der Waals surface area contributed by atoms with Gasteiger partial charge in [-0.3, -0.25) is 0 Å². The molecule has 0 amide bonds. The zero-order valence-electron chi connectivity index (χ0n) is 18.1. The van der Waals surface area contributed by atoms with Gasteiger partial charge in [-0.05, 0) is 36.3 Å². The predicted molar refractivity (Wildman–Crippen MR) is 130 cm³/mol. The van der Waals surface area contributed by atoms with Gasteiger partial charge in [0.2, 0.25) is 4.34 Å². The lowest BCUT2D eigenvalue weighted by Crippen LogP contribution is -2.40. The number of aliphatic hydroxyl groups is 1. The van der Waals surface area contributed by atoms with Crippen LogP contribution in [0.5, 0.6) is 5.75 Å². The molecule has 0 aliphatic carbocycles. The molecular formula is C22H27N5O4S2. The van der Waals surface area contributed by atoms with E-state index in [4.69, 9.17) is 21.5 Å². The fourth-order valence-electron chi connectivity index (χ4n) is 3.13. The molecule has 1 heterocycles. The minimum absolute atomic E-state index is 0.0381. The minimum Gasteiger partial charge on any atom is -0.510 e. The number of fused-ring (bicyclic) bond motifs is 1. The summed E-state index contributed by atoms with van der Waals surface area (Å²) in [5.74, 6) is 6.88. The molecule has 1 atom stereocenters. The maximum Gasteiger partial charge on any atom is 0.265 e. The van der Waals surface area contributed by atoms with Crippen LogP contribution in [0.3, 0.4) is 0 Å². The van der Waals surface area contributed by atoms with E-state index in [1.54, 1.807) is 24.3 Å². The molecule has 0 aliphatic heterocycles. The molecule has 9 nitrogen and oxygen atoms in total. The number of hydrogen-bond donors (Lipinski definition) is 4. The van der Waals surface area contributed by atoms with Crippen molar-refractivity contribution in [2.45, 2.75) is 30.1 Å². The van der Waals surface area contributed by atoms with Gasteiger partial charge in [0, 0.05) is 12.6 Å². The van der Waals surface area contributed by atoms with Gasteiger partial charge in [0.25, 0.3) is 10.0 Å².